The van der Waals surface area contributed by atoms with Crippen molar-refractivity contribution in [2.45, 2.75) is 0 Å². The summed E-state index contributed by atoms with van der Waals surface area (Å²) >= 11 is 0. The molecule has 4 N–H and O–H groups in total. The predicted octanol–water partition coefficient (Wildman–Crippen LogP) is 3.69. The van der Waals surface area contributed by atoms with Crippen LogP contribution in [0.15, 0.2) is 52.7 Å². The van der Waals surface area contributed by atoms with E-state index in [0.717, 1.165) is 0 Å². The fraction of sp³-hybridized carbons (Fsp3) is 0. The summed E-state index contributed by atoms with van der Waals surface area (Å²) in [6.45, 7) is 0. The Kier molecular flexibility index (Phi) is 3.70. The Morgan fingerprint density at radius 2 is 1.62 bits per heavy atom. The Balaban J connectivity index is 2.04. The van der Waals surface area contributed by atoms with E-state index in [1.807, 2.05) is 0 Å². The van der Waals surface area contributed by atoms with Crippen molar-refractivity contribution in [1.29, 1.82) is 0 Å². The maximum atomic E-state index is 11.1. The normalized spacial score (nSPS) is 11.2. The van der Waals surface area contributed by atoms with E-state index in [2.05, 4.69) is 15.2 Å². The minimum atomic E-state index is -1.10. The number of nitrogens with zero attached hydrogens (tertiary/aromatic N) is 2. The third-order valence-electron chi connectivity index (χ3n) is 3.36. The first-order valence-corrected chi connectivity index (χ1v) is 6.79. The average molecular weight is 325 g/mol. The summed E-state index contributed by atoms with van der Waals surface area (Å²) in [5, 5.41) is 36.2. The Morgan fingerprint density at radius 1 is 0.917 bits per heavy atom. The molecule has 0 spiro atoms. The molecule has 0 saturated carbocycles. The van der Waals surface area contributed by atoms with Gasteiger partial charge in [0, 0.05) is 5.39 Å². The lowest BCUT2D eigenvalue weighted by Crippen LogP contribution is -1.94. The molecule has 1 aromatic heterocycles. The minimum absolute atomic E-state index is 0.0471. The first-order valence-electron chi connectivity index (χ1n) is 6.79. The molecule has 2 aromatic carbocycles. The number of aromatic carboxylic acids is 2. The van der Waals surface area contributed by atoms with Gasteiger partial charge in [-0.25, -0.2) is 9.59 Å². The number of carbonyl (C=O) groups is 2. The number of H-pyrrole nitrogens is 1. The topological polar surface area (TPSA) is 135 Å². The van der Waals surface area contributed by atoms with E-state index in [0.29, 0.717) is 10.9 Å². The number of aromatic hydroxyl groups is 1. The second-order valence-electron chi connectivity index (χ2n) is 4.94. The molecule has 0 aliphatic heterocycles. The van der Waals surface area contributed by atoms with E-state index in [9.17, 15) is 14.7 Å². The van der Waals surface area contributed by atoms with E-state index in [4.69, 9.17) is 10.2 Å². The van der Waals surface area contributed by atoms with E-state index >= 15 is 0 Å². The number of carboxylic acids is 2. The highest BCUT2D eigenvalue weighted by molar-refractivity contribution is 5.99. The summed E-state index contributed by atoms with van der Waals surface area (Å²) in [7, 11) is 0. The highest BCUT2D eigenvalue weighted by Gasteiger charge is 2.13. The molecular weight excluding hydrogens is 314 g/mol. The van der Waals surface area contributed by atoms with E-state index in [1.165, 1.54) is 36.4 Å². The van der Waals surface area contributed by atoms with Crippen LogP contribution in [0.1, 0.15) is 20.7 Å². The molecule has 0 fully saturated rings. The first kappa shape index (κ1) is 15.2. The van der Waals surface area contributed by atoms with Crippen molar-refractivity contribution in [1.82, 2.24) is 4.98 Å². The lowest BCUT2D eigenvalue weighted by Gasteiger charge is -1.97. The monoisotopic (exact) mass is 325 g/mol. The molecular formula is C16H11N3O5. The van der Waals surface area contributed by atoms with Crippen molar-refractivity contribution in [3.63, 3.8) is 0 Å². The average Bonchev–Trinajstić information content (AvgIpc) is 2.87. The van der Waals surface area contributed by atoms with Gasteiger partial charge in [0.2, 0.25) is 5.88 Å². The number of rotatable bonds is 4. The molecule has 0 radical (unpaired) electrons. The van der Waals surface area contributed by atoms with Gasteiger partial charge in [0.15, 0.2) is 5.69 Å². The zero-order chi connectivity index (χ0) is 17.3. The molecule has 120 valence electrons. The molecule has 24 heavy (non-hydrogen) atoms. The van der Waals surface area contributed by atoms with Crippen LogP contribution >= 0.6 is 0 Å². The highest BCUT2D eigenvalue weighted by Crippen LogP contribution is 2.36. The number of benzene rings is 2. The lowest BCUT2D eigenvalue weighted by molar-refractivity contribution is 0.0686. The fourth-order valence-corrected chi connectivity index (χ4v) is 2.21. The number of hydrogen-bond donors (Lipinski definition) is 4. The molecule has 0 bridgehead atoms. The third-order valence-corrected chi connectivity index (χ3v) is 3.36. The van der Waals surface area contributed by atoms with Gasteiger partial charge in [0.1, 0.15) is 0 Å². The molecule has 3 rings (SSSR count). The fourth-order valence-electron chi connectivity index (χ4n) is 2.21. The van der Waals surface area contributed by atoms with E-state index < -0.39 is 11.9 Å². The molecule has 1 heterocycles. The number of azo groups is 1. The van der Waals surface area contributed by atoms with Crippen LogP contribution in [0, 0.1) is 0 Å². The van der Waals surface area contributed by atoms with Crippen LogP contribution in [0.3, 0.4) is 0 Å². The number of nitrogens with one attached hydrogen (secondary N) is 1. The summed E-state index contributed by atoms with van der Waals surface area (Å²) < 4.78 is 0. The van der Waals surface area contributed by atoms with Crippen LogP contribution in [0.2, 0.25) is 0 Å². The SMILES string of the molecule is O=C(O)c1cccc(N=Nc2c(O)[nH]c3ccc(C(=O)O)cc23)c1. The van der Waals surface area contributed by atoms with Crippen LogP contribution in [-0.2, 0) is 0 Å². The highest BCUT2D eigenvalue weighted by atomic mass is 16.4. The smallest absolute Gasteiger partial charge is 0.335 e. The molecule has 0 atom stereocenters. The lowest BCUT2D eigenvalue weighted by atomic mass is 10.1. The number of fused-ring (bicyclic) bond motifs is 1. The quantitative estimate of drug-likeness (QED) is 0.542. The Hall–Kier alpha value is -3.68. The minimum Gasteiger partial charge on any atom is -0.493 e. The zero-order valence-corrected chi connectivity index (χ0v) is 12.1. The van der Waals surface area contributed by atoms with Gasteiger partial charge >= 0.3 is 11.9 Å². The number of carboxylic acid groups (broad SMARTS) is 2. The van der Waals surface area contributed by atoms with Crippen molar-refractivity contribution in [3.8, 4) is 5.88 Å². The summed E-state index contributed by atoms with van der Waals surface area (Å²) in [6.07, 6.45) is 0. The van der Waals surface area contributed by atoms with Crippen LogP contribution in [0.5, 0.6) is 5.88 Å². The molecule has 8 nitrogen and oxygen atoms in total. The maximum absolute atomic E-state index is 11.1. The molecule has 0 saturated heterocycles. The Labute approximate surface area is 134 Å². The van der Waals surface area contributed by atoms with E-state index in [-0.39, 0.29) is 28.4 Å². The Morgan fingerprint density at radius 3 is 2.33 bits per heavy atom. The maximum Gasteiger partial charge on any atom is 0.335 e. The van der Waals surface area contributed by atoms with Crippen LogP contribution < -0.4 is 0 Å². The molecule has 0 aliphatic rings. The van der Waals surface area contributed by atoms with Gasteiger partial charge in [-0.2, -0.15) is 5.11 Å². The van der Waals surface area contributed by atoms with Gasteiger partial charge in [-0.05, 0) is 36.4 Å². The van der Waals surface area contributed by atoms with Crippen molar-refractivity contribution in [2.24, 2.45) is 10.2 Å². The van der Waals surface area contributed by atoms with E-state index in [1.54, 1.807) is 6.07 Å². The zero-order valence-electron chi connectivity index (χ0n) is 12.1. The number of aromatic nitrogens is 1. The number of hydrogen-bond acceptors (Lipinski definition) is 5. The second kappa shape index (κ2) is 5.84. The van der Waals surface area contributed by atoms with Crippen molar-refractivity contribution in [3.05, 3.63) is 53.6 Å². The predicted molar refractivity (Wildman–Crippen MR) is 84.5 cm³/mol. The largest absolute Gasteiger partial charge is 0.493 e. The summed E-state index contributed by atoms with van der Waals surface area (Å²) in [5.41, 5.74) is 0.978. The van der Waals surface area contributed by atoms with Crippen LogP contribution in [0.4, 0.5) is 11.4 Å². The Bertz CT molecular complexity index is 991. The molecule has 0 amide bonds. The van der Waals surface area contributed by atoms with Crippen LogP contribution in [0.25, 0.3) is 10.9 Å². The summed E-state index contributed by atoms with van der Waals surface area (Å²) in [6, 6.07) is 10.1. The van der Waals surface area contributed by atoms with Gasteiger partial charge in [0.05, 0.1) is 22.3 Å². The van der Waals surface area contributed by atoms with Gasteiger partial charge in [-0.1, -0.05) is 6.07 Å². The summed E-state index contributed by atoms with van der Waals surface area (Å²) in [5.74, 6) is -2.45. The van der Waals surface area contributed by atoms with Gasteiger partial charge in [-0.3, -0.25) is 0 Å². The second-order valence-corrected chi connectivity index (χ2v) is 4.94. The van der Waals surface area contributed by atoms with Gasteiger partial charge in [-0.15, -0.1) is 5.11 Å². The standard InChI is InChI=1S/C16H11N3O5/c20-14-13(11-7-9(16(23)24)4-5-12(11)17-14)19-18-10-3-1-2-8(6-10)15(21)22/h1-7,17,20H,(H,21,22)(H,23,24). The summed E-state index contributed by atoms with van der Waals surface area (Å²) in [4.78, 5) is 24.7. The number of aromatic amines is 1. The molecule has 3 aromatic rings. The van der Waals surface area contributed by atoms with Crippen molar-refractivity contribution < 1.29 is 24.9 Å². The molecule has 0 aliphatic carbocycles. The van der Waals surface area contributed by atoms with Gasteiger partial charge < -0.3 is 20.3 Å². The van der Waals surface area contributed by atoms with Gasteiger partial charge in [0.25, 0.3) is 0 Å². The van der Waals surface area contributed by atoms with Crippen molar-refractivity contribution >= 4 is 34.2 Å². The first-order chi connectivity index (χ1) is 11.5. The molecule has 8 heteroatoms. The van der Waals surface area contributed by atoms with Crippen LogP contribution in [-0.4, -0.2) is 32.2 Å². The molecule has 0 unspecified atom stereocenters. The third kappa shape index (κ3) is 2.80. The van der Waals surface area contributed by atoms with Crippen molar-refractivity contribution in [2.75, 3.05) is 0 Å².